The van der Waals surface area contributed by atoms with Gasteiger partial charge in [0, 0.05) is 29.3 Å². The van der Waals surface area contributed by atoms with Crippen LogP contribution in [0.1, 0.15) is 49.7 Å². The van der Waals surface area contributed by atoms with E-state index in [9.17, 15) is 9.59 Å². The van der Waals surface area contributed by atoms with Crippen molar-refractivity contribution < 1.29 is 23.8 Å². The quantitative estimate of drug-likeness (QED) is 0.391. The SMILES string of the molecule is CCOC(=O)C1C(C)=NC2=C(C(=O)C[C@@H](c3ccc(OC)c(OC)c3)C2)[C@H]1c1cccc2ccccc12. The van der Waals surface area contributed by atoms with E-state index in [1.807, 2.05) is 67.6 Å². The molecule has 6 nitrogen and oxygen atoms in total. The molecule has 5 rings (SSSR count). The van der Waals surface area contributed by atoms with Gasteiger partial charge in [-0.05, 0) is 60.2 Å². The number of fused-ring (bicyclic) bond motifs is 1. The van der Waals surface area contributed by atoms with Crippen molar-refractivity contribution in [1.82, 2.24) is 0 Å². The van der Waals surface area contributed by atoms with Gasteiger partial charge < -0.3 is 14.2 Å². The van der Waals surface area contributed by atoms with E-state index in [4.69, 9.17) is 19.2 Å². The maximum Gasteiger partial charge on any atom is 0.315 e. The Morgan fingerprint density at radius 1 is 0.973 bits per heavy atom. The summed E-state index contributed by atoms with van der Waals surface area (Å²) < 4.78 is 16.4. The molecular formula is C31H31NO5. The fourth-order valence-corrected chi connectivity index (χ4v) is 5.80. The van der Waals surface area contributed by atoms with Crippen molar-refractivity contribution in [3.05, 3.63) is 83.1 Å². The molecule has 190 valence electrons. The lowest BCUT2D eigenvalue weighted by molar-refractivity contribution is -0.146. The van der Waals surface area contributed by atoms with Gasteiger partial charge in [0.1, 0.15) is 5.92 Å². The van der Waals surface area contributed by atoms with Crippen LogP contribution in [0.25, 0.3) is 10.8 Å². The largest absolute Gasteiger partial charge is 0.493 e. The van der Waals surface area contributed by atoms with Crippen LogP contribution in [0.3, 0.4) is 0 Å². The van der Waals surface area contributed by atoms with Gasteiger partial charge in [-0.15, -0.1) is 0 Å². The first kappa shape index (κ1) is 24.8. The van der Waals surface area contributed by atoms with Crippen molar-refractivity contribution in [1.29, 1.82) is 0 Å². The van der Waals surface area contributed by atoms with Crippen LogP contribution in [0, 0.1) is 5.92 Å². The predicted octanol–water partition coefficient (Wildman–Crippen LogP) is 6.00. The van der Waals surface area contributed by atoms with E-state index >= 15 is 0 Å². The molecule has 0 radical (unpaired) electrons. The van der Waals surface area contributed by atoms with Gasteiger partial charge in [0.2, 0.25) is 0 Å². The summed E-state index contributed by atoms with van der Waals surface area (Å²) in [6, 6.07) is 19.9. The standard InChI is InChI=1S/C31H31NO5/c1-5-37-31(34)28-18(2)32-24-15-21(20-13-14-26(35-3)27(17-20)36-4)16-25(33)30(24)29(28)23-12-8-10-19-9-6-7-11-22(19)23/h6-14,17,21,28-29H,5,15-16H2,1-4H3/t21-,28?,29-/m0/s1. The van der Waals surface area contributed by atoms with Crippen LogP contribution in [0.2, 0.25) is 0 Å². The number of ketones is 1. The van der Waals surface area contributed by atoms with Crippen LogP contribution in [0.5, 0.6) is 11.5 Å². The highest BCUT2D eigenvalue weighted by molar-refractivity contribution is 6.10. The summed E-state index contributed by atoms with van der Waals surface area (Å²) in [5.41, 5.74) is 4.02. The molecule has 0 saturated carbocycles. The molecule has 1 aliphatic carbocycles. The molecule has 37 heavy (non-hydrogen) atoms. The number of aliphatic imine (C=N–C) groups is 1. The highest BCUT2D eigenvalue weighted by Gasteiger charge is 2.45. The van der Waals surface area contributed by atoms with Gasteiger partial charge in [-0.1, -0.05) is 48.5 Å². The fraction of sp³-hybridized carbons (Fsp3) is 0.323. The molecule has 3 aromatic carbocycles. The second-order valence-corrected chi connectivity index (χ2v) is 9.53. The molecule has 2 aliphatic rings. The number of Topliss-reactive ketones (excluding diaryl/α,β-unsaturated/α-hetero) is 1. The number of methoxy groups -OCH3 is 2. The molecule has 1 aliphatic heterocycles. The number of esters is 1. The molecule has 0 spiro atoms. The van der Waals surface area contributed by atoms with Crippen molar-refractivity contribution >= 4 is 28.2 Å². The Kier molecular flexibility index (Phi) is 6.83. The zero-order chi connectivity index (χ0) is 26.1. The van der Waals surface area contributed by atoms with E-state index < -0.39 is 11.8 Å². The van der Waals surface area contributed by atoms with E-state index in [0.717, 1.165) is 27.6 Å². The number of rotatable bonds is 6. The number of allylic oxidation sites excluding steroid dienone is 2. The zero-order valence-corrected chi connectivity index (χ0v) is 21.6. The Morgan fingerprint density at radius 3 is 2.49 bits per heavy atom. The number of hydrogen-bond donors (Lipinski definition) is 0. The van der Waals surface area contributed by atoms with Crippen molar-refractivity contribution in [2.75, 3.05) is 20.8 Å². The summed E-state index contributed by atoms with van der Waals surface area (Å²) in [7, 11) is 3.21. The smallest absolute Gasteiger partial charge is 0.315 e. The molecule has 0 aromatic heterocycles. The molecule has 0 amide bonds. The van der Waals surface area contributed by atoms with Gasteiger partial charge in [0.05, 0.1) is 20.8 Å². The first-order valence-corrected chi connectivity index (χ1v) is 12.6. The van der Waals surface area contributed by atoms with Crippen molar-refractivity contribution in [3.8, 4) is 11.5 Å². The van der Waals surface area contributed by atoms with Crippen molar-refractivity contribution in [2.45, 2.75) is 38.5 Å². The fourth-order valence-electron chi connectivity index (χ4n) is 5.80. The molecule has 3 aromatic rings. The van der Waals surface area contributed by atoms with E-state index in [1.54, 1.807) is 21.1 Å². The molecule has 1 heterocycles. The number of ether oxygens (including phenoxy) is 3. The van der Waals surface area contributed by atoms with Crippen molar-refractivity contribution in [2.24, 2.45) is 10.9 Å². The highest BCUT2D eigenvalue weighted by Crippen LogP contribution is 2.48. The minimum absolute atomic E-state index is 0.0181. The van der Waals surface area contributed by atoms with E-state index in [0.29, 0.717) is 35.6 Å². The molecule has 6 heteroatoms. The van der Waals surface area contributed by atoms with Crippen LogP contribution >= 0.6 is 0 Å². The lowest BCUT2D eigenvalue weighted by atomic mass is 9.68. The molecule has 0 saturated heterocycles. The Balaban J connectivity index is 1.63. The summed E-state index contributed by atoms with van der Waals surface area (Å²) in [5, 5.41) is 2.09. The third-order valence-electron chi connectivity index (χ3n) is 7.47. The maximum atomic E-state index is 13.9. The molecule has 1 unspecified atom stereocenters. The van der Waals surface area contributed by atoms with Crippen LogP contribution < -0.4 is 9.47 Å². The minimum Gasteiger partial charge on any atom is -0.493 e. The Labute approximate surface area is 217 Å². The number of nitrogens with zero attached hydrogens (tertiary/aromatic N) is 1. The Hall–Kier alpha value is -3.93. The lowest BCUT2D eigenvalue weighted by Gasteiger charge is -2.37. The van der Waals surface area contributed by atoms with Gasteiger partial charge in [0.25, 0.3) is 0 Å². The minimum atomic E-state index is -0.647. The third-order valence-corrected chi connectivity index (χ3v) is 7.47. The van der Waals surface area contributed by atoms with Gasteiger partial charge in [-0.3, -0.25) is 14.6 Å². The summed E-state index contributed by atoms with van der Waals surface area (Å²) in [6.45, 7) is 3.93. The van der Waals surface area contributed by atoms with Gasteiger partial charge in [-0.25, -0.2) is 0 Å². The zero-order valence-electron chi connectivity index (χ0n) is 21.6. The number of hydrogen-bond acceptors (Lipinski definition) is 6. The summed E-state index contributed by atoms with van der Waals surface area (Å²) >= 11 is 0. The Bertz CT molecular complexity index is 1430. The topological polar surface area (TPSA) is 74.2 Å². The van der Waals surface area contributed by atoms with Crippen LogP contribution in [0.15, 0.2) is 76.9 Å². The van der Waals surface area contributed by atoms with Gasteiger partial charge in [-0.2, -0.15) is 0 Å². The molecule has 0 fully saturated rings. The number of carbonyl (C=O) groups is 2. The van der Waals surface area contributed by atoms with Crippen LogP contribution in [-0.4, -0.2) is 38.3 Å². The number of benzene rings is 3. The van der Waals surface area contributed by atoms with E-state index in [1.165, 1.54) is 0 Å². The maximum absolute atomic E-state index is 13.9. The normalized spacial score (nSPS) is 21.4. The van der Waals surface area contributed by atoms with E-state index in [2.05, 4.69) is 0 Å². The highest BCUT2D eigenvalue weighted by atomic mass is 16.5. The van der Waals surface area contributed by atoms with Crippen LogP contribution in [-0.2, 0) is 14.3 Å². The summed E-state index contributed by atoms with van der Waals surface area (Å²) in [6.07, 6.45) is 0.935. The van der Waals surface area contributed by atoms with Crippen molar-refractivity contribution in [3.63, 3.8) is 0 Å². The summed E-state index contributed by atoms with van der Waals surface area (Å²) in [5.74, 6) is -0.190. The monoisotopic (exact) mass is 497 g/mol. The predicted molar refractivity (Wildman–Crippen MR) is 143 cm³/mol. The molecule has 0 N–H and O–H groups in total. The second kappa shape index (κ2) is 10.2. The second-order valence-electron chi connectivity index (χ2n) is 9.53. The third kappa shape index (κ3) is 4.41. The molecule has 0 bridgehead atoms. The average Bonchev–Trinajstić information content (AvgIpc) is 2.91. The number of carbonyl (C=O) groups excluding carboxylic acids is 2. The summed E-state index contributed by atoms with van der Waals surface area (Å²) in [4.78, 5) is 32.0. The van der Waals surface area contributed by atoms with Crippen LogP contribution in [0.4, 0.5) is 0 Å². The molecule has 3 atom stereocenters. The molecular weight excluding hydrogens is 466 g/mol. The first-order chi connectivity index (χ1) is 18.0. The van der Waals surface area contributed by atoms with E-state index in [-0.39, 0.29) is 24.3 Å². The van der Waals surface area contributed by atoms with Gasteiger partial charge in [0.15, 0.2) is 17.3 Å². The lowest BCUT2D eigenvalue weighted by Crippen LogP contribution is -2.38. The van der Waals surface area contributed by atoms with Gasteiger partial charge >= 0.3 is 5.97 Å². The first-order valence-electron chi connectivity index (χ1n) is 12.6. The Morgan fingerprint density at radius 2 is 1.73 bits per heavy atom. The average molecular weight is 498 g/mol.